The first-order valence-electron chi connectivity index (χ1n) is 5.45. The van der Waals surface area contributed by atoms with Crippen molar-refractivity contribution in [3.05, 3.63) is 65.0 Å². The zero-order valence-corrected chi connectivity index (χ0v) is 9.82. The largest absolute Gasteiger partial charge is 0.271 e. The van der Waals surface area contributed by atoms with E-state index in [2.05, 4.69) is 10.4 Å². The molecule has 94 valence electrons. The Kier molecular flexibility index (Phi) is 3.64. The lowest BCUT2D eigenvalue weighted by Crippen LogP contribution is -2.29. The van der Waals surface area contributed by atoms with Gasteiger partial charge in [0, 0.05) is 11.8 Å². The second kappa shape index (κ2) is 5.20. The van der Waals surface area contributed by atoms with Crippen molar-refractivity contribution in [3.63, 3.8) is 0 Å². The fraction of sp³-hybridized carbons (Fsp3) is 0.154. The van der Waals surface area contributed by atoms with E-state index < -0.39 is 11.9 Å². The van der Waals surface area contributed by atoms with Crippen LogP contribution in [0, 0.1) is 18.6 Å². The minimum Gasteiger partial charge on any atom is -0.271 e. The summed E-state index contributed by atoms with van der Waals surface area (Å²) in [7, 11) is 0. The number of aromatic nitrogens is 1. The number of benzene rings is 1. The molecule has 5 heteroatoms. The second-order valence-corrected chi connectivity index (χ2v) is 4.01. The number of halogens is 2. The van der Waals surface area contributed by atoms with Gasteiger partial charge >= 0.3 is 0 Å². The lowest BCUT2D eigenvalue weighted by Gasteiger charge is -2.17. The van der Waals surface area contributed by atoms with Gasteiger partial charge in [0.15, 0.2) is 0 Å². The predicted octanol–water partition coefficient (Wildman–Crippen LogP) is 2.22. The van der Waals surface area contributed by atoms with Crippen LogP contribution in [0.15, 0.2) is 36.7 Å². The number of aryl methyl sites for hydroxylation is 1. The third kappa shape index (κ3) is 2.37. The standard InChI is InChI=1S/C13H13F2N3/c1-8-2-3-9(6-11(8)14)13(18-16)10-4-5-17-7-12(10)15/h2-7,13,18H,16H2,1H3. The van der Waals surface area contributed by atoms with Gasteiger partial charge in [0.2, 0.25) is 0 Å². The molecule has 0 aliphatic heterocycles. The summed E-state index contributed by atoms with van der Waals surface area (Å²) in [6, 6.07) is 5.59. The Hall–Kier alpha value is -1.85. The molecule has 1 aromatic heterocycles. The maximum atomic E-state index is 13.6. The molecule has 0 saturated heterocycles. The molecule has 0 aliphatic carbocycles. The fourth-order valence-corrected chi connectivity index (χ4v) is 1.77. The number of pyridine rings is 1. The molecule has 2 aromatic rings. The molecule has 18 heavy (non-hydrogen) atoms. The van der Waals surface area contributed by atoms with E-state index in [4.69, 9.17) is 5.84 Å². The topological polar surface area (TPSA) is 50.9 Å². The molecule has 1 aromatic carbocycles. The van der Waals surface area contributed by atoms with Crippen LogP contribution in [-0.2, 0) is 0 Å². The first-order valence-corrected chi connectivity index (χ1v) is 5.45. The van der Waals surface area contributed by atoms with E-state index in [0.717, 1.165) is 6.20 Å². The third-order valence-corrected chi connectivity index (χ3v) is 2.81. The average molecular weight is 249 g/mol. The molecule has 3 N–H and O–H groups in total. The quantitative estimate of drug-likeness (QED) is 0.647. The molecule has 0 bridgehead atoms. The van der Waals surface area contributed by atoms with Crippen molar-refractivity contribution >= 4 is 0 Å². The van der Waals surface area contributed by atoms with E-state index in [0.29, 0.717) is 16.7 Å². The summed E-state index contributed by atoms with van der Waals surface area (Å²) in [4.78, 5) is 3.67. The minimum atomic E-state index is -0.608. The number of hydrogen-bond acceptors (Lipinski definition) is 3. The summed E-state index contributed by atoms with van der Waals surface area (Å²) >= 11 is 0. The van der Waals surface area contributed by atoms with E-state index in [1.807, 2.05) is 0 Å². The minimum absolute atomic E-state index is 0.329. The van der Waals surface area contributed by atoms with Crippen molar-refractivity contribution in [2.75, 3.05) is 0 Å². The zero-order valence-electron chi connectivity index (χ0n) is 9.82. The summed E-state index contributed by atoms with van der Waals surface area (Å²) in [6.07, 6.45) is 2.57. The monoisotopic (exact) mass is 249 g/mol. The van der Waals surface area contributed by atoms with Gasteiger partial charge < -0.3 is 0 Å². The Balaban J connectivity index is 2.45. The molecule has 1 heterocycles. The van der Waals surface area contributed by atoms with Gasteiger partial charge in [-0.05, 0) is 30.2 Å². The Morgan fingerprint density at radius 2 is 2.00 bits per heavy atom. The molecule has 0 fully saturated rings. The van der Waals surface area contributed by atoms with Crippen molar-refractivity contribution in [1.82, 2.24) is 10.4 Å². The highest BCUT2D eigenvalue weighted by molar-refractivity contribution is 5.33. The molecular weight excluding hydrogens is 236 g/mol. The highest BCUT2D eigenvalue weighted by Gasteiger charge is 2.17. The first-order chi connectivity index (χ1) is 8.63. The summed E-state index contributed by atoms with van der Waals surface area (Å²) < 4.78 is 27.2. The number of hydrazine groups is 1. The van der Waals surface area contributed by atoms with E-state index in [1.165, 1.54) is 18.3 Å². The summed E-state index contributed by atoms with van der Waals surface area (Å²) in [5.74, 6) is 4.60. The van der Waals surface area contributed by atoms with Crippen LogP contribution >= 0.6 is 0 Å². The lowest BCUT2D eigenvalue weighted by atomic mass is 9.98. The SMILES string of the molecule is Cc1ccc(C(NN)c2ccncc2F)cc1F. The number of hydrogen-bond donors (Lipinski definition) is 2. The van der Waals surface area contributed by atoms with E-state index in [1.54, 1.807) is 19.1 Å². The van der Waals surface area contributed by atoms with E-state index in [9.17, 15) is 8.78 Å². The zero-order chi connectivity index (χ0) is 13.1. The van der Waals surface area contributed by atoms with Gasteiger partial charge in [0.25, 0.3) is 0 Å². The number of nitrogens with two attached hydrogens (primary N) is 1. The average Bonchev–Trinajstić information content (AvgIpc) is 2.37. The smallest absolute Gasteiger partial charge is 0.146 e. The number of nitrogens with zero attached hydrogens (tertiary/aromatic N) is 1. The Morgan fingerprint density at radius 3 is 2.61 bits per heavy atom. The fourth-order valence-electron chi connectivity index (χ4n) is 1.77. The normalized spacial score (nSPS) is 12.4. The van der Waals surface area contributed by atoms with Crippen LogP contribution in [0.3, 0.4) is 0 Å². The highest BCUT2D eigenvalue weighted by atomic mass is 19.1. The van der Waals surface area contributed by atoms with Crippen LogP contribution in [0.4, 0.5) is 8.78 Å². The molecule has 1 unspecified atom stereocenters. The Bertz CT molecular complexity index is 558. The van der Waals surface area contributed by atoms with Crippen LogP contribution in [0.2, 0.25) is 0 Å². The van der Waals surface area contributed by atoms with Crippen molar-refractivity contribution in [2.24, 2.45) is 5.84 Å². The van der Waals surface area contributed by atoms with Crippen LogP contribution in [0.25, 0.3) is 0 Å². The van der Waals surface area contributed by atoms with Gasteiger partial charge in [-0.1, -0.05) is 12.1 Å². The molecule has 0 saturated carbocycles. The van der Waals surface area contributed by atoms with Crippen molar-refractivity contribution in [1.29, 1.82) is 0 Å². The van der Waals surface area contributed by atoms with Crippen molar-refractivity contribution in [3.8, 4) is 0 Å². The summed E-state index contributed by atoms with van der Waals surface area (Å²) in [6.45, 7) is 1.66. The number of nitrogens with one attached hydrogen (secondary N) is 1. The van der Waals surface area contributed by atoms with E-state index in [-0.39, 0.29) is 5.82 Å². The van der Waals surface area contributed by atoms with Gasteiger partial charge in [0.1, 0.15) is 11.6 Å². The molecule has 3 nitrogen and oxygen atoms in total. The molecule has 0 radical (unpaired) electrons. The van der Waals surface area contributed by atoms with Gasteiger partial charge in [-0.2, -0.15) is 0 Å². The molecule has 0 aliphatic rings. The Morgan fingerprint density at radius 1 is 1.22 bits per heavy atom. The molecular formula is C13H13F2N3. The predicted molar refractivity (Wildman–Crippen MR) is 64.5 cm³/mol. The maximum absolute atomic E-state index is 13.6. The number of rotatable bonds is 3. The highest BCUT2D eigenvalue weighted by Crippen LogP contribution is 2.24. The van der Waals surface area contributed by atoms with E-state index >= 15 is 0 Å². The molecule has 0 spiro atoms. The Labute approximate surface area is 104 Å². The van der Waals surface area contributed by atoms with Gasteiger partial charge in [-0.3, -0.25) is 10.8 Å². The lowest BCUT2D eigenvalue weighted by molar-refractivity contribution is 0.551. The second-order valence-electron chi connectivity index (χ2n) is 4.01. The van der Waals surface area contributed by atoms with Gasteiger partial charge in [-0.15, -0.1) is 0 Å². The van der Waals surface area contributed by atoms with Crippen molar-refractivity contribution in [2.45, 2.75) is 13.0 Å². The van der Waals surface area contributed by atoms with Crippen molar-refractivity contribution < 1.29 is 8.78 Å². The first kappa shape index (κ1) is 12.6. The summed E-state index contributed by atoms with van der Waals surface area (Å²) in [5, 5.41) is 0. The van der Waals surface area contributed by atoms with Gasteiger partial charge in [-0.25, -0.2) is 14.2 Å². The van der Waals surface area contributed by atoms with Crippen LogP contribution < -0.4 is 11.3 Å². The van der Waals surface area contributed by atoms with Gasteiger partial charge in [0.05, 0.1) is 12.2 Å². The maximum Gasteiger partial charge on any atom is 0.146 e. The molecule has 1 atom stereocenters. The third-order valence-electron chi connectivity index (χ3n) is 2.81. The van der Waals surface area contributed by atoms with Crippen LogP contribution in [0.5, 0.6) is 0 Å². The summed E-state index contributed by atoms with van der Waals surface area (Å²) in [5.41, 5.74) is 3.91. The van der Waals surface area contributed by atoms with Crippen LogP contribution in [0.1, 0.15) is 22.7 Å². The van der Waals surface area contributed by atoms with Crippen LogP contribution in [-0.4, -0.2) is 4.98 Å². The molecule has 0 amide bonds. The molecule has 2 rings (SSSR count).